The number of benzene rings is 1. The van der Waals surface area contributed by atoms with Gasteiger partial charge in [-0.15, -0.1) is 0 Å². The smallest absolute Gasteiger partial charge is 0.0368 e. The van der Waals surface area contributed by atoms with E-state index in [4.69, 9.17) is 0 Å². The third kappa shape index (κ3) is 3.47. The highest BCUT2D eigenvalue weighted by Gasteiger charge is 2.20. The average Bonchev–Trinajstić information content (AvgIpc) is 2.42. The highest BCUT2D eigenvalue weighted by molar-refractivity contribution is 5.47. The Labute approximate surface area is 105 Å². The highest BCUT2D eigenvalue weighted by atomic mass is 15.2. The Morgan fingerprint density at radius 3 is 2.53 bits per heavy atom. The molecular formula is C15H24N2. The summed E-state index contributed by atoms with van der Waals surface area (Å²) in [5.41, 5.74) is 1.40. The minimum atomic E-state index is 0.727. The van der Waals surface area contributed by atoms with Crippen LogP contribution in [0.25, 0.3) is 0 Å². The summed E-state index contributed by atoms with van der Waals surface area (Å²) in [4.78, 5) is 2.62. The van der Waals surface area contributed by atoms with E-state index in [1.54, 1.807) is 0 Å². The molecule has 0 atom stereocenters. The first-order valence-electron chi connectivity index (χ1n) is 6.94. The summed E-state index contributed by atoms with van der Waals surface area (Å²) in [5, 5.41) is 3.45. The van der Waals surface area contributed by atoms with Crippen LogP contribution in [0.15, 0.2) is 30.3 Å². The number of rotatable bonds is 5. The third-order valence-corrected chi connectivity index (χ3v) is 3.59. The number of nitrogens with one attached hydrogen (secondary N) is 1. The van der Waals surface area contributed by atoms with Gasteiger partial charge in [0.15, 0.2) is 0 Å². The average molecular weight is 232 g/mol. The van der Waals surface area contributed by atoms with Crippen LogP contribution in [0.3, 0.4) is 0 Å². The van der Waals surface area contributed by atoms with Gasteiger partial charge in [-0.3, -0.25) is 0 Å². The Hall–Kier alpha value is -1.02. The number of hydrogen-bond donors (Lipinski definition) is 1. The van der Waals surface area contributed by atoms with Gasteiger partial charge in [-0.25, -0.2) is 0 Å². The molecule has 94 valence electrons. The van der Waals surface area contributed by atoms with Gasteiger partial charge in [-0.2, -0.15) is 0 Å². The van der Waals surface area contributed by atoms with E-state index >= 15 is 0 Å². The molecule has 0 aliphatic carbocycles. The minimum Gasteiger partial charge on any atom is -0.368 e. The SMILES string of the molecule is CCCCN(c1ccccc1)C1CCNCC1. The van der Waals surface area contributed by atoms with Crippen molar-refractivity contribution in [2.45, 2.75) is 38.6 Å². The first kappa shape index (κ1) is 12.4. The van der Waals surface area contributed by atoms with Crippen LogP contribution in [0.5, 0.6) is 0 Å². The molecule has 1 saturated heterocycles. The summed E-state index contributed by atoms with van der Waals surface area (Å²) in [7, 11) is 0. The molecule has 0 saturated carbocycles. The van der Waals surface area contributed by atoms with E-state index in [2.05, 4.69) is 47.5 Å². The molecule has 1 heterocycles. The zero-order valence-electron chi connectivity index (χ0n) is 10.9. The van der Waals surface area contributed by atoms with Crippen LogP contribution in [0.2, 0.25) is 0 Å². The third-order valence-electron chi connectivity index (χ3n) is 3.59. The number of piperidine rings is 1. The van der Waals surface area contributed by atoms with Crippen LogP contribution in [0.4, 0.5) is 5.69 Å². The van der Waals surface area contributed by atoms with E-state index in [9.17, 15) is 0 Å². The zero-order chi connectivity index (χ0) is 11.9. The Balaban J connectivity index is 2.06. The molecule has 0 spiro atoms. The lowest BCUT2D eigenvalue weighted by atomic mass is 10.0. The maximum absolute atomic E-state index is 3.45. The number of nitrogens with zero attached hydrogens (tertiary/aromatic N) is 1. The van der Waals surface area contributed by atoms with E-state index in [1.807, 2.05) is 0 Å². The van der Waals surface area contributed by atoms with Crippen molar-refractivity contribution in [3.8, 4) is 0 Å². The molecular weight excluding hydrogens is 208 g/mol. The monoisotopic (exact) mass is 232 g/mol. The van der Waals surface area contributed by atoms with Gasteiger partial charge in [-0.05, 0) is 44.5 Å². The summed E-state index contributed by atoms with van der Waals surface area (Å²) in [6, 6.07) is 11.6. The molecule has 0 aromatic heterocycles. The first-order chi connectivity index (χ1) is 8.42. The van der Waals surface area contributed by atoms with E-state index in [0.29, 0.717) is 0 Å². The fraction of sp³-hybridized carbons (Fsp3) is 0.600. The molecule has 17 heavy (non-hydrogen) atoms. The normalized spacial score (nSPS) is 17.0. The van der Waals surface area contributed by atoms with Crippen molar-refractivity contribution in [1.82, 2.24) is 5.32 Å². The van der Waals surface area contributed by atoms with Gasteiger partial charge < -0.3 is 10.2 Å². The molecule has 1 aromatic rings. The van der Waals surface area contributed by atoms with Gasteiger partial charge >= 0.3 is 0 Å². The second kappa shape index (κ2) is 6.65. The van der Waals surface area contributed by atoms with Crippen molar-refractivity contribution in [3.63, 3.8) is 0 Å². The Morgan fingerprint density at radius 2 is 1.88 bits per heavy atom. The maximum Gasteiger partial charge on any atom is 0.0368 e. The lowest BCUT2D eigenvalue weighted by molar-refractivity contribution is 0.427. The molecule has 0 radical (unpaired) electrons. The van der Waals surface area contributed by atoms with Gasteiger partial charge in [-0.1, -0.05) is 31.5 Å². The fourth-order valence-corrected chi connectivity index (χ4v) is 2.59. The number of unbranched alkanes of at least 4 members (excludes halogenated alkanes) is 1. The topological polar surface area (TPSA) is 15.3 Å². The molecule has 1 aromatic carbocycles. The van der Waals surface area contributed by atoms with Crippen molar-refractivity contribution in [3.05, 3.63) is 30.3 Å². The molecule has 2 nitrogen and oxygen atoms in total. The molecule has 1 fully saturated rings. The van der Waals surface area contributed by atoms with Gasteiger partial charge in [0.25, 0.3) is 0 Å². The predicted octanol–water partition coefficient (Wildman–Crippen LogP) is 3.05. The van der Waals surface area contributed by atoms with E-state index in [-0.39, 0.29) is 0 Å². The molecule has 1 aliphatic heterocycles. The lowest BCUT2D eigenvalue weighted by Crippen LogP contribution is -2.43. The summed E-state index contributed by atoms with van der Waals surface area (Å²) >= 11 is 0. The van der Waals surface area contributed by atoms with E-state index < -0.39 is 0 Å². The van der Waals surface area contributed by atoms with Crippen LogP contribution < -0.4 is 10.2 Å². The lowest BCUT2D eigenvalue weighted by Gasteiger charge is -2.36. The summed E-state index contributed by atoms with van der Waals surface area (Å²) in [6.07, 6.45) is 5.12. The molecule has 1 aliphatic rings. The standard InChI is InChI=1S/C15H24N2/c1-2-3-13-17(14-7-5-4-6-8-14)15-9-11-16-12-10-15/h4-8,15-16H,2-3,9-13H2,1H3. The number of anilines is 1. The molecule has 2 rings (SSSR count). The maximum atomic E-state index is 3.45. The van der Waals surface area contributed by atoms with Crippen LogP contribution in [0, 0.1) is 0 Å². The summed E-state index contributed by atoms with van der Waals surface area (Å²) in [6.45, 7) is 5.80. The minimum absolute atomic E-state index is 0.727. The second-order valence-corrected chi connectivity index (χ2v) is 4.86. The quantitative estimate of drug-likeness (QED) is 0.839. The highest BCUT2D eigenvalue weighted by Crippen LogP contribution is 2.21. The summed E-state index contributed by atoms with van der Waals surface area (Å²) in [5.74, 6) is 0. The van der Waals surface area contributed by atoms with Crippen molar-refractivity contribution in [1.29, 1.82) is 0 Å². The van der Waals surface area contributed by atoms with Crippen LogP contribution in [-0.2, 0) is 0 Å². The zero-order valence-corrected chi connectivity index (χ0v) is 10.9. The van der Waals surface area contributed by atoms with E-state index in [0.717, 1.165) is 6.04 Å². The molecule has 0 amide bonds. The fourth-order valence-electron chi connectivity index (χ4n) is 2.59. The predicted molar refractivity (Wildman–Crippen MR) is 74.6 cm³/mol. The van der Waals surface area contributed by atoms with Crippen LogP contribution in [0.1, 0.15) is 32.6 Å². The molecule has 0 bridgehead atoms. The van der Waals surface area contributed by atoms with Gasteiger partial charge in [0.05, 0.1) is 0 Å². The molecule has 0 unspecified atom stereocenters. The Bertz CT molecular complexity index is 304. The molecule has 1 N–H and O–H groups in total. The van der Waals surface area contributed by atoms with E-state index in [1.165, 1.54) is 51.0 Å². The second-order valence-electron chi connectivity index (χ2n) is 4.86. The van der Waals surface area contributed by atoms with Crippen LogP contribution >= 0.6 is 0 Å². The summed E-state index contributed by atoms with van der Waals surface area (Å²) < 4.78 is 0. The van der Waals surface area contributed by atoms with Crippen molar-refractivity contribution < 1.29 is 0 Å². The first-order valence-corrected chi connectivity index (χ1v) is 6.94. The largest absolute Gasteiger partial charge is 0.368 e. The number of hydrogen-bond acceptors (Lipinski definition) is 2. The van der Waals surface area contributed by atoms with Gasteiger partial charge in [0.2, 0.25) is 0 Å². The number of para-hydroxylation sites is 1. The van der Waals surface area contributed by atoms with Gasteiger partial charge in [0.1, 0.15) is 0 Å². The van der Waals surface area contributed by atoms with Crippen molar-refractivity contribution >= 4 is 5.69 Å². The van der Waals surface area contributed by atoms with Crippen molar-refractivity contribution in [2.24, 2.45) is 0 Å². The molecule has 2 heteroatoms. The Kier molecular flexibility index (Phi) is 4.87. The van der Waals surface area contributed by atoms with Crippen molar-refractivity contribution in [2.75, 3.05) is 24.5 Å². The Morgan fingerprint density at radius 1 is 1.18 bits per heavy atom. The van der Waals surface area contributed by atoms with Crippen LogP contribution in [-0.4, -0.2) is 25.7 Å². The van der Waals surface area contributed by atoms with Gasteiger partial charge in [0, 0.05) is 18.3 Å².